The van der Waals surface area contributed by atoms with Crippen LogP contribution in [0, 0.1) is 0 Å². The van der Waals surface area contributed by atoms with E-state index >= 15 is 0 Å². The normalized spacial score (nSPS) is 11.2. The van der Waals surface area contributed by atoms with Gasteiger partial charge in [0.25, 0.3) is 5.91 Å². The zero-order chi connectivity index (χ0) is 18.4. The van der Waals surface area contributed by atoms with Crippen molar-refractivity contribution in [3.8, 4) is 17.0 Å². The fourth-order valence-corrected chi connectivity index (χ4v) is 2.47. The Morgan fingerprint density at radius 1 is 1.15 bits per heavy atom. The van der Waals surface area contributed by atoms with Crippen molar-refractivity contribution in [1.82, 2.24) is 15.6 Å². The van der Waals surface area contributed by atoms with E-state index in [4.69, 9.17) is 4.74 Å². The van der Waals surface area contributed by atoms with E-state index in [9.17, 15) is 4.79 Å². The number of rotatable bonds is 6. The van der Waals surface area contributed by atoms with Gasteiger partial charge < -0.3 is 4.74 Å². The monoisotopic (exact) mass is 348 g/mol. The first-order chi connectivity index (χ1) is 12.7. The third kappa shape index (κ3) is 3.97. The Labute approximate surface area is 151 Å². The molecule has 6 nitrogen and oxygen atoms in total. The van der Waals surface area contributed by atoms with E-state index in [1.807, 2.05) is 68.4 Å². The minimum absolute atomic E-state index is 0.330. The van der Waals surface area contributed by atoms with Crippen LogP contribution in [-0.2, 0) is 0 Å². The van der Waals surface area contributed by atoms with Crippen LogP contribution in [0.4, 0.5) is 0 Å². The van der Waals surface area contributed by atoms with Crippen molar-refractivity contribution in [2.75, 3.05) is 6.61 Å². The van der Waals surface area contributed by atoms with Crippen LogP contribution < -0.4 is 10.2 Å². The second kappa shape index (κ2) is 8.11. The Kier molecular flexibility index (Phi) is 5.43. The van der Waals surface area contributed by atoms with Gasteiger partial charge in [-0.2, -0.15) is 10.2 Å². The largest absolute Gasteiger partial charge is 0.493 e. The molecule has 3 rings (SSSR count). The Balaban J connectivity index is 1.75. The maximum absolute atomic E-state index is 12.3. The van der Waals surface area contributed by atoms with E-state index in [1.165, 1.54) is 0 Å². The molecule has 0 fully saturated rings. The molecule has 2 N–H and O–H groups in total. The summed E-state index contributed by atoms with van der Waals surface area (Å²) < 4.78 is 5.61. The van der Waals surface area contributed by atoms with Gasteiger partial charge in [-0.1, -0.05) is 42.5 Å². The minimum Gasteiger partial charge on any atom is -0.493 e. The van der Waals surface area contributed by atoms with Crippen LogP contribution in [0.1, 0.15) is 29.9 Å². The molecule has 26 heavy (non-hydrogen) atoms. The Hall–Kier alpha value is -3.41. The average Bonchev–Trinajstić information content (AvgIpc) is 3.17. The lowest BCUT2D eigenvalue weighted by Crippen LogP contribution is -2.19. The maximum atomic E-state index is 12.3. The third-order valence-electron chi connectivity index (χ3n) is 3.80. The fraction of sp³-hybridized carbons (Fsp3) is 0.150. The zero-order valence-corrected chi connectivity index (χ0v) is 14.7. The molecule has 0 bridgehead atoms. The second-order valence-corrected chi connectivity index (χ2v) is 5.60. The lowest BCUT2D eigenvalue weighted by atomic mass is 10.1. The molecule has 1 aromatic heterocycles. The van der Waals surface area contributed by atoms with Gasteiger partial charge in [0, 0.05) is 5.56 Å². The van der Waals surface area contributed by atoms with Gasteiger partial charge >= 0.3 is 0 Å². The van der Waals surface area contributed by atoms with E-state index in [0.29, 0.717) is 18.0 Å². The number of H-pyrrole nitrogens is 1. The summed E-state index contributed by atoms with van der Waals surface area (Å²) in [6.07, 6.45) is 0. The van der Waals surface area contributed by atoms with Crippen molar-refractivity contribution in [2.45, 2.75) is 13.8 Å². The highest BCUT2D eigenvalue weighted by atomic mass is 16.5. The molecule has 0 saturated carbocycles. The first kappa shape index (κ1) is 17.4. The van der Waals surface area contributed by atoms with Gasteiger partial charge in [0.05, 0.1) is 18.0 Å². The van der Waals surface area contributed by atoms with Crippen LogP contribution in [0.25, 0.3) is 11.3 Å². The number of hydrogen-bond donors (Lipinski definition) is 2. The predicted molar refractivity (Wildman–Crippen MR) is 101 cm³/mol. The van der Waals surface area contributed by atoms with Gasteiger partial charge in [-0.15, -0.1) is 0 Å². The first-order valence-electron chi connectivity index (χ1n) is 8.36. The number of hydrogen-bond acceptors (Lipinski definition) is 4. The molecule has 0 saturated heterocycles. The van der Waals surface area contributed by atoms with Gasteiger partial charge in [-0.3, -0.25) is 9.89 Å². The smallest absolute Gasteiger partial charge is 0.289 e. The quantitative estimate of drug-likeness (QED) is 0.527. The highest BCUT2D eigenvalue weighted by Gasteiger charge is 2.13. The molecular formula is C20H20N4O2. The van der Waals surface area contributed by atoms with Crippen LogP contribution in [0.5, 0.6) is 5.75 Å². The van der Waals surface area contributed by atoms with E-state index < -0.39 is 0 Å². The van der Waals surface area contributed by atoms with Crippen molar-refractivity contribution >= 4 is 11.6 Å². The zero-order valence-electron chi connectivity index (χ0n) is 14.7. The summed E-state index contributed by atoms with van der Waals surface area (Å²) >= 11 is 0. The van der Waals surface area contributed by atoms with Gasteiger partial charge in [-0.05, 0) is 37.6 Å². The van der Waals surface area contributed by atoms with E-state index in [-0.39, 0.29) is 5.91 Å². The number of amides is 1. The SMILES string of the molecule is CCOc1ccccc1-c1cc(C(=O)N/N=C(\C)c2ccccc2)[nH]n1. The average molecular weight is 348 g/mol. The number of aromatic nitrogens is 2. The van der Waals surface area contributed by atoms with Crippen LogP contribution in [0.15, 0.2) is 65.8 Å². The molecule has 1 amide bonds. The summed E-state index contributed by atoms with van der Waals surface area (Å²) in [5, 5.41) is 11.1. The van der Waals surface area contributed by atoms with E-state index in [0.717, 1.165) is 22.6 Å². The molecule has 1 heterocycles. The van der Waals surface area contributed by atoms with Gasteiger partial charge in [-0.25, -0.2) is 5.43 Å². The summed E-state index contributed by atoms with van der Waals surface area (Å²) in [7, 11) is 0. The lowest BCUT2D eigenvalue weighted by Gasteiger charge is -2.07. The third-order valence-corrected chi connectivity index (χ3v) is 3.80. The molecule has 0 aliphatic rings. The molecule has 0 atom stereocenters. The van der Waals surface area contributed by atoms with Gasteiger partial charge in [0.2, 0.25) is 0 Å². The van der Waals surface area contributed by atoms with Gasteiger partial charge in [0.1, 0.15) is 11.4 Å². The fourth-order valence-electron chi connectivity index (χ4n) is 2.47. The number of nitrogens with zero attached hydrogens (tertiary/aromatic N) is 2. The molecule has 0 radical (unpaired) electrons. The van der Waals surface area contributed by atoms with Crippen LogP contribution >= 0.6 is 0 Å². The van der Waals surface area contributed by atoms with Crippen LogP contribution in [0.3, 0.4) is 0 Å². The molecular weight excluding hydrogens is 328 g/mol. The number of ether oxygens (including phenoxy) is 1. The molecule has 3 aromatic rings. The molecule has 0 aliphatic heterocycles. The number of nitrogens with one attached hydrogen (secondary N) is 2. The van der Waals surface area contributed by atoms with E-state index in [1.54, 1.807) is 6.07 Å². The highest BCUT2D eigenvalue weighted by Crippen LogP contribution is 2.28. The summed E-state index contributed by atoms with van der Waals surface area (Å²) in [6, 6.07) is 18.9. The molecule has 0 spiro atoms. The number of hydrazone groups is 1. The van der Waals surface area contributed by atoms with Crippen molar-refractivity contribution in [2.24, 2.45) is 5.10 Å². The number of benzene rings is 2. The molecule has 2 aromatic carbocycles. The summed E-state index contributed by atoms with van der Waals surface area (Å²) in [4.78, 5) is 12.3. The number of para-hydroxylation sites is 1. The highest BCUT2D eigenvalue weighted by molar-refractivity contribution is 6.00. The Bertz CT molecular complexity index is 916. The van der Waals surface area contributed by atoms with Crippen molar-refractivity contribution < 1.29 is 9.53 Å². The van der Waals surface area contributed by atoms with Crippen molar-refractivity contribution in [1.29, 1.82) is 0 Å². The molecule has 0 aliphatic carbocycles. The molecule has 132 valence electrons. The summed E-state index contributed by atoms with van der Waals surface area (Å²) in [5.74, 6) is 0.374. The Morgan fingerprint density at radius 3 is 2.65 bits per heavy atom. The van der Waals surface area contributed by atoms with Crippen molar-refractivity contribution in [3.05, 3.63) is 71.9 Å². The maximum Gasteiger partial charge on any atom is 0.289 e. The van der Waals surface area contributed by atoms with Gasteiger partial charge in [0.15, 0.2) is 0 Å². The number of carbonyl (C=O) groups is 1. The predicted octanol–water partition coefficient (Wildman–Crippen LogP) is 3.63. The number of carbonyl (C=O) groups excluding carboxylic acids is 1. The van der Waals surface area contributed by atoms with E-state index in [2.05, 4.69) is 20.7 Å². The van der Waals surface area contributed by atoms with Crippen molar-refractivity contribution in [3.63, 3.8) is 0 Å². The van der Waals surface area contributed by atoms with Crippen LogP contribution in [-0.4, -0.2) is 28.4 Å². The second-order valence-electron chi connectivity index (χ2n) is 5.60. The molecule has 6 heteroatoms. The Morgan fingerprint density at radius 2 is 1.88 bits per heavy atom. The molecule has 0 unspecified atom stereocenters. The lowest BCUT2D eigenvalue weighted by molar-refractivity contribution is 0.0950. The topological polar surface area (TPSA) is 79.4 Å². The standard InChI is InChI=1S/C20H20N4O2/c1-3-26-19-12-8-7-11-16(19)17-13-18(23-22-17)20(25)24-21-14(2)15-9-5-4-6-10-15/h4-13H,3H2,1-2H3,(H,22,23)(H,24,25)/b21-14+. The van der Waals surface area contributed by atoms with Crippen LogP contribution in [0.2, 0.25) is 0 Å². The summed E-state index contributed by atoms with van der Waals surface area (Å²) in [5.41, 5.74) is 6.02. The number of aromatic amines is 1. The summed E-state index contributed by atoms with van der Waals surface area (Å²) in [6.45, 7) is 4.32. The minimum atomic E-state index is -0.354. The first-order valence-corrected chi connectivity index (χ1v) is 8.36.